The van der Waals surface area contributed by atoms with Crippen LogP contribution in [0.3, 0.4) is 0 Å². The number of hydrogen-bond donors (Lipinski definition) is 2. The second kappa shape index (κ2) is 6.72. The predicted molar refractivity (Wildman–Crippen MR) is 86.9 cm³/mol. The molecule has 2 aromatic carbocycles. The summed E-state index contributed by atoms with van der Waals surface area (Å²) in [6.45, 7) is 5.84. The number of rotatable bonds is 5. The van der Waals surface area contributed by atoms with E-state index in [4.69, 9.17) is 5.11 Å². The first-order chi connectivity index (χ1) is 10.5. The average molecular weight is 295 g/mol. The van der Waals surface area contributed by atoms with Crippen molar-refractivity contribution in [3.8, 4) is 0 Å². The van der Waals surface area contributed by atoms with Gasteiger partial charge in [0.1, 0.15) is 0 Å². The molecule has 0 aliphatic heterocycles. The Hall–Kier alpha value is -2.88. The van der Waals surface area contributed by atoms with Crippen molar-refractivity contribution in [2.45, 2.75) is 13.3 Å². The summed E-state index contributed by atoms with van der Waals surface area (Å²) in [5.74, 6) is -1.50. The highest BCUT2D eigenvalue weighted by Gasteiger charge is 2.14. The summed E-state index contributed by atoms with van der Waals surface area (Å²) < 4.78 is 0. The Balaban J connectivity index is 2.22. The molecule has 0 unspecified atom stereocenters. The molecule has 4 heteroatoms. The first kappa shape index (κ1) is 15.5. The number of carbonyl (C=O) groups excluding carboxylic acids is 1. The van der Waals surface area contributed by atoms with Crippen LogP contribution in [-0.4, -0.2) is 17.0 Å². The molecule has 0 aliphatic rings. The van der Waals surface area contributed by atoms with Gasteiger partial charge in [0.15, 0.2) is 0 Å². The molecule has 0 spiro atoms. The standard InChI is InChI=1S/C18H17NO3/c1-3-13-7-6-8-14(11-13)12(2)17(20)19-16-10-5-4-9-15(16)18(21)22/h4-11H,2-3H2,1H3,(H,19,20)(H,21,22). The maximum atomic E-state index is 12.3. The van der Waals surface area contributed by atoms with Crippen molar-refractivity contribution in [1.29, 1.82) is 0 Å². The van der Waals surface area contributed by atoms with Crippen LogP contribution < -0.4 is 5.32 Å². The van der Waals surface area contributed by atoms with Crippen molar-refractivity contribution in [1.82, 2.24) is 0 Å². The molecule has 1 amide bonds. The Labute approximate surface area is 129 Å². The fraction of sp³-hybridized carbons (Fsp3) is 0.111. The van der Waals surface area contributed by atoms with Crippen molar-refractivity contribution >= 4 is 23.1 Å². The highest BCUT2D eigenvalue weighted by Crippen LogP contribution is 2.20. The van der Waals surface area contributed by atoms with Crippen LogP contribution in [0.5, 0.6) is 0 Å². The zero-order chi connectivity index (χ0) is 16.1. The number of carbonyl (C=O) groups is 2. The van der Waals surface area contributed by atoms with E-state index in [1.807, 2.05) is 31.2 Å². The minimum absolute atomic E-state index is 0.0472. The quantitative estimate of drug-likeness (QED) is 0.828. The number of anilines is 1. The minimum atomic E-state index is -1.09. The molecule has 0 bridgehead atoms. The van der Waals surface area contributed by atoms with Crippen LogP contribution in [0.2, 0.25) is 0 Å². The maximum Gasteiger partial charge on any atom is 0.337 e. The number of para-hydroxylation sites is 1. The summed E-state index contributed by atoms with van der Waals surface area (Å²) >= 11 is 0. The van der Waals surface area contributed by atoms with Gasteiger partial charge in [-0.2, -0.15) is 0 Å². The van der Waals surface area contributed by atoms with Crippen molar-refractivity contribution < 1.29 is 14.7 Å². The number of benzene rings is 2. The number of aryl methyl sites for hydroxylation is 1. The molecule has 0 fully saturated rings. The number of nitrogens with one attached hydrogen (secondary N) is 1. The summed E-state index contributed by atoms with van der Waals surface area (Å²) in [4.78, 5) is 23.4. The van der Waals surface area contributed by atoms with Gasteiger partial charge in [-0.25, -0.2) is 4.79 Å². The Morgan fingerprint density at radius 3 is 2.55 bits per heavy atom. The fourth-order valence-electron chi connectivity index (χ4n) is 2.09. The van der Waals surface area contributed by atoms with Gasteiger partial charge in [-0.1, -0.05) is 49.9 Å². The molecule has 0 saturated carbocycles. The zero-order valence-electron chi connectivity index (χ0n) is 12.3. The van der Waals surface area contributed by atoms with Crippen molar-refractivity contribution in [2.75, 3.05) is 5.32 Å². The smallest absolute Gasteiger partial charge is 0.337 e. The topological polar surface area (TPSA) is 66.4 Å². The molecular formula is C18H17NO3. The van der Waals surface area contributed by atoms with Crippen molar-refractivity contribution in [3.05, 3.63) is 71.8 Å². The lowest BCUT2D eigenvalue weighted by molar-refractivity contribution is -0.111. The van der Waals surface area contributed by atoms with Crippen molar-refractivity contribution in [2.24, 2.45) is 0 Å². The summed E-state index contributed by atoms with van der Waals surface area (Å²) in [6, 6.07) is 13.8. The summed E-state index contributed by atoms with van der Waals surface area (Å²) in [5, 5.41) is 11.7. The van der Waals surface area contributed by atoms with E-state index in [0.717, 1.165) is 17.5 Å². The molecule has 0 heterocycles. The molecule has 22 heavy (non-hydrogen) atoms. The van der Waals surface area contributed by atoms with Crippen LogP contribution in [0.15, 0.2) is 55.1 Å². The third-order valence-electron chi connectivity index (χ3n) is 3.36. The Morgan fingerprint density at radius 2 is 1.86 bits per heavy atom. The molecule has 112 valence electrons. The third kappa shape index (κ3) is 3.41. The van der Waals surface area contributed by atoms with Gasteiger partial charge in [0.05, 0.1) is 11.3 Å². The molecule has 2 rings (SSSR count). The Bertz CT molecular complexity index is 735. The molecule has 0 aliphatic carbocycles. The Kier molecular flexibility index (Phi) is 4.73. The fourth-order valence-corrected chi connectivity index (χ4v) is 2.09. The number of carboxylic acid groups (broad SMARTS) is 1. The van der Waals surface area contributed by atoms with Crippen LogP contribution in [0, 0.1) is 0 Å². The zero-order valence-corrected chi connectivity index (χ0v) is 12.3. The predicted octanol–water partition coefficient (Wildman–Crippen LogP) is 3.60. The maximum absolute atomic E-state index is 12.3. The first-order valence-corrected chi connectivity index (χ1v) is 6.94. The molecule has 0 saturated heterocycles. The molecule has 2 N–H and O–H groups in total. The second-order valence-corrected chi connectivity index (χ2v) is 4.84. The number of carboxylic acids is 1. The van der Waals surface area contributed by atoms with Gasteiger partial charge in [-0.15, -0.1) is 0 Å². The van der Waals surface area contributed by atoms with Gasteiger partial charge in [0.2, 0.25) is 0 Å². The van der Waals surface area contributed by atoms with Crippen LogP contribution in [-0.2, 0) is 11.2 Å². The lowest BCUT2D eigenvalue weighted by Gasteiger charge is -2.11. The molecular weight excluding hydrogens is 278 g/mol. The normalized spacial score (nSPS) is 10.0. The van der Waals surface area contributed by atoms with Gasteiger partial charge in [0.25, 0.3) is 5.91 Å². The van der Waals surface area contributed by atoms with Gasteiger partial charge in [-0.3, -0.25) is 4.79 Å². The molecule has 2 aromatic rings. The summed E-state index contributed by atoms with van der Waals surface area (Å²) in [7, 11) is 0. The monoisotopic (exact) mass is 295 g/mol. The first-order valence-electron chi connectivity index (χ1n) is 6.94. The minimum Gasteiger partial charge on any atom is -0.478 e. The van der Waals surface area contributed by atoms with E-state index in [1.165, 1.54) is 6.07 Å². The van der Waals surface area contributed by atoms with E-state index in [0.29, 0.717) is 5.57 Å². The SMILES string of the molecule is C=C(C(=O)Nc1ccccc1C(=O)O)c1cccc(CC)c1. The van der Waals surface area contributed by atoms with E-state index in [1.54, 1.807) is 18.2 Å². The molecule has 0 aromatic heterocycles. The third-order valence-corrected chi connectivity index (χ3v) is 3.36. The lowest BCUT2D eigenvalue weighted by Crippen LogP contribution is -2.15. The van der Waals surface area contributed by atoms with Gasteiger partial charge in [0, 0.05) is 5.57 Å². The van der Waals surface area contributed by atoms with Gasteiger partial charge in [-0.05, 0) is 29.7 Å². The van der Waals surface area contributed by atoms with E-state index >= 15 is 0 Å². The number of aromatic carboxylic acids is 1. The van der Waals surface area contributed by atoms with E-state index < -0.39 is 11.9 Å². The molecule has 4 nitrogen and oxygen atoms in total. The second-order valence-electron chi connectivity index (χ2n) is 4.84. The Morgan fingerprint density at radius 1 is 1.14 bits per heavy atom. The number of hydrogen-bond acceptors (Lipinski definition) is 2. The van der Waals surface area contributed by atoms with Gasteiger partial charge < -0.3 is 10.4 Å². The molecule has 0 atom stereocenters. The number of amides is 1. The van der Waals surface area contributed by atoms with Crippen LogP contribution in [0.25, 0.3) is 5.57 Å². The summed E-state index contributed by atoms with van der Waals surface area (Å²) in [5.41, 5.74) is 2.44. The van der Waals surface area contributed by atoms with E-state index in [-0.39, 0.29) is 11.3 Å². The van der Waals surface area contributed by atoms with Crippen LogP contribution in [0.1, 0.15) is 28.4 Å². The van der Waals surface area contributed by atoms with Crippen LogP contribution in [0.4, 0.5) is 5.69 Å². The van der Waals surface area contributed by atoms with E-state index in [2.05, 4.69) is 11.9 Å². The van der Waals surface area contributed by atoms with Crippen molar-refractivity contribution in [3.63, 3.8) is 0 Å². The highest BCUT2D eigenvalue weighted by atomic mass is 16.4. The van der Waals surface area contributed by atoms with E-state index in [9.17, 15) is 9.59 Å². The molecule has 0 radical (unpaired) electrons. The lowest BCUT2D eigenvalue weighted by atomic mass is 10.0. The average Bonchev–Trinajstić information content (AvgIpc) is 2.54. The van der Waals surface area contributed by atoms with Gasteiger partial charge >= 0.3 is 5.97 Å². The summed E-state index contributed by atoms with van der Waals surface area (Å²) in [6.07, 6.45) is 0.866. The largest absolute Gasteiger partial charge is 0.478 e. The van der Waals surface area contributed by atoms with Crippen LogP contribution >= 0.6 is 0 Å². The highest BCUT2D eigenvalue weighted by molar-refractivity contribution is 6.25.